The van der Waals surface area contributed by atoms with Gasteiger partial charge in [0.2, 0.25) is 5.91 Å². The van der Waals surface area contributed by atoms with Gasteiger partial charge >= 0.3 is 6.18 Å². The first-order valence-corrected chi connectivity index (χ1v) is 4.75. The molecule has 1 aromatic carbocycles. The standard InChI is InChI=1S/C11H10F3NO2/c1-7(16)5-10(17)15-9-4-2-3-8(6-9)11(12,13)14/h2-4,6H,5H2,1H3,(H,15,17). The van der Waals surface area contributed by atoms with Crippen molar-refractivity contribution in [2.75, 3.05) is 5.32 Å². The number of nitrogens with one attached hydrogen (secondary N) is 1. The Hall–Kier alpha value is -1.85. The SMILES string of the molecule is CC(=O)CC(=O)Nc1cccc(C(F)(F)F)c1. The summed E-state index contributed by atoms with van der Waals surface area (Å²) in [4.78, 5) is 21.8. The van der Waals surface area contributed by atoms with Gasteiger partial charge in [-0.25, -0.2) is 0 Å². The van der Waals surface area contributed by atoms with Crippen molar-refractivity contribution < 1.29 is 22.8 Å². The molecule has 1 rings (SSSR count). The molecule has 92 valence electrons. The molecule has 17 heavy (non-hydrogen) atoms. The van der Waals surface area contributed by atoms with E-state index in [2.05, 4.69) is 5.32 Å². The number of Topliss-reactive ketones (excluding diaryl/α,β-unsaturated/α-hetero) is 1. The van der Waals surface area contributed by atoms with E-state index < -0.39 is 17.6 Å². The van der Waals surface area contributed by atoms with Gasteiger partial charge in [-0.2, -0.15) is 13.2 Å². The van der Waals surface area contributed by atoms with Crippen LogP contribution in [0.4, 0.5) is 18.9 Å². The minimum Gasteiger partial charge on any atom is -0.326 e. The molecule has 0 saturated carbocycles. The number of halogens is 3. The quantitative estimate of drug-likeness (QED) is 0.832. The van der Waals surface area contributed by atoms with Crippen molar-refractivity contribution in [3.63, 3.8) is 0 Å². The maximum Gasteiger partial charge on any atom is 0.416 e. The van der Waals surface area contributed by atoms with Crippen LogP contribution in [0, 0.1) is 0 Å². The van der Waals surface area contributed by atoms with Gasteiger partial charge in [-0.15, -0.1) is 0 Å². The van der Waals surface area contributed by atoms with Gasteiger partial charge in [0, 0.05) is 5.69 Å². The second-order valence-electron chi connectivity index (χ2n) is 3.51. The molecule has 0 atom stereocenters. The van der Waals surface area contributed by atoms with Crippen LogP contribution >= 0.6 is 0 Å². The third-order valence-corrected chi connectivity index (χ3v) is 1.88. The Bertz CT molecular complexity index is 441. The van der Waals surface area contributed by atoms with E-state index in [1.807, 2.05) is 0 Å². The van der Waals surface area contributed by atoms with Gasteiger partial charge in [0.1, 0.15) is 5.78 Å². The van der Waals surface area contributed by atoms with E-state index in [0.717, 1.165) is 12.1 Å². The number of amides is 1. The van der Waals surface area contributed by atoms with E-state index in [1.54, 1.807) is 0 Å². The molecule has 0 aliphatic heterocycles. The van der Waals surface area contributed by atoms with Gasteiger partial charge in [-0.05, 0) is 25.1 Å². The van der Waals surface area contributed by atoms with Crippen LogP contribution in [0.1, 0.15) is 18.9 Å². The Balaban J connectivity index is 2.79. The summed E-state index contributed by atoms with van der Waals surface area (Å²) in [5, 5.41) is 2.23. The van der Waals surface area contributed by atoms with Crippen LogP contribution in [-0.2, 0) is 15.8 Å². The second kappa shape index (κ2) is 4.99. The van der Waals surface area contributed by atoms with E-state index in [0.29, 0.717) is 0 Å². The highest BCUT2D eigenvalue weighted by molar-refractivity contribution is 6.03. The number of rotatable bonds is 3. The molecule has 0 aromatic heterocycles. The lowest BCUT2D eigenvalue weighted by atomic mass is 10.2. The molecule has 0 heterocycles. The van der Waals surface area contributed by atoms with Crippen molar-refractivity contribution in [1.29, 1.82) is 0 Å². The largest absolute Gasteiger partial charge is 0.416 e. The first-order chi connectivity index (χ1) is 7.79. The zero-order valence-electron chi connectivity index (χ0n) is 8.97. The zero-order chi connectivity index (χ0) is 13.1. The van der Waals surface area contributed by atoms with Crippen molar-refractivity contribution in [1.82, 2.24) is 0 Å². The highest BCUT2D eigenvalue weighted by atomic mass is 19.4. The van der Waals surface area contributed by atoms with Crippen LogP contribution in [0.25, 0.3) is 0 Å². The monoisotopic (exact) mass is 245 g/mol. The number of carbonyl (C=O) groups excluding carboxylic acids is 2. The zero-order valence-corrected chi connectivity index (χ0v) is 8.97. The average Bonchev–Trinajstić information content (AvgIpc) is 2.15. The van der Waals surface area contributed by atoms with Crippen molar-refractivity contribution in [2.45, 2.75) is 19.5 Å². The fourth-order valence-corrected chi connectivity index (χ4v) is 1.20. The molecule has 0 bridgehead atoms. The van der Waals surface area contributed by atoms with Crippen molar-refractivity contribution in [3.8, 4) is 0 Å². The smallest absolute Gasteiger partial charge is 0.326 e. The Morgan fingerprint density at radius 3 is 2.47 bits per heavy atom. The summed E-state index contributed by atoms with van der Waals surface area (Å²) in [6, 6.07) is 4.23. The molecule has 0 radical (unpaired) electrons. The molecule has 0 unspecified atom stereocenters. The maximum absolute atomic E-state index is 12.3. The molecule has 1 aromatic rings. The molecule has 0 aliphatic carbocycles. The van der Waals surface area contributed by atoms with Crippen LogP contribution in [0.15, 0.2) is 24.3 Å². The minimum atomic E-state index is -4.46. The van der Waals surface area contributed by atoms with Gasteiger partial charge in [0.05, 0.1) is 12.0 Å². The summed E-state index contributed by atoms with van der Waals surface area (Å²) in [5.41, 5.74) is -0.829. The van der Waals surface area contributed by atoms with Crippen LogP contribution in [0.3, 0.4) is 0 Å². The highest BCUT2D eigenvalue weighted by Gasteiger charge is 2.30. The Kier molecular flexibility index (Phi) is 3.88. The highest BCUT2D eigenvalue weighted by Crippen LogP contribution is 2.30. The van der Waals surface area contributed by atoms with Crippen LogP contribution in [-0.4, -0.2) is 11.7 Å². The average molecular weight is 245 g/mol. The third kappa shape index (κ3) is 4.26. The van der Waals surface area contributed by atoms with Gasteiger partial charge in [0.15, 0.2) is 0 Å². The predicted molar refractivity (Wildman–Crippen MR) is 55.4 cm³/mol. The van der Waals surface area contributed by atoms with E-state index in [9.17, 15) is 22.8 Å². The lowest BCUT2D eigenvalue weighted by molar-refractivity contribution is -0.137. The predicted octanol–water partition coefficient (Wildman–Crippen LogP) is 2.62. The molecular formula is C11H10F3NO2. The summed E-state index contributed by atoms with van der Waals surface area (Å²) < 4.78 is 37.0. The molecule has 1 amide bonds. The number of ketones is 1. The van der Waals surface area contributed by atoms with E-state index in [4.69, 9.17) is 0 Å². The molecule has 0 aliphatic rings. The number of benzene rings is 1. The molecule has 1 N–H and O–H groups in total. The third-order valence-electron chi connectivity index (χ3n) is 1.88. The first-order valence-electron chi connectivity index (χ1n) is 4.75. The second-order valence-corrected chi connectivity index (χ2v) is 3.51. The summed E-state index contributed by atoms with van der Waals surface area (Å²) >= 11 is 0. The number of carbonyl (C=O) groups is 2. The minimum absolute atomic E-state index is 0.0195. The number of hydrogen-bond donors (Lipinski definition) is 1. The lowest BCUT2D eigenvalue weighted by Crippen LogP contribution is -2.15. The number of hydrogen-bond acceptors (Lipinski definition) is 2. The van der Waals surface area contributed by atoms with Crippen LogP contribution in [0.2, 0.25) is 0 Å². The fraction of sp³-hybridized carbons (Fsp3) is 0.273. The van der Waals surface area contributed by atoms with Gasteiger partial charge in [-0.1, -0.05) is 6.07 Å². The summed E-state index contributed by atoms with van der Waals surface area (Å²) in [5.74, 6) is -0.980. The molecule has 3 nitrogen and oxygen atoms in total. The lowest BCUT2D eigenvalue weighted by Gasteiger charge is -2.09. The molecule has 6 heteroatoms. The number of alkyl halides is 3. The molecule has 0 fully saturated rings. The van der Waals surface area contributed by atoms with Gasteiger partial charge in [0.25, 0.3) is 0 Å². The number of anilines is 1. The molecule has 0 saturated heterocycles. The van der Waals surface area contributed by atoms with E-state index in [-0.39, 0.29) is 17.9 Å². The Labute approximate surface area is 95.6 Å². The van der Waals surface area contributed by atoms with E-state index >= 15 is 0 Å². The summed E-state index contributed by atoms with van der Waals surface area (Å²) in [7, 11) is 0. The van der Waals surface area contributed by atoms with Gasteiger partial charge < -0.3 is 5.32 Å². The summed E-state index contributed by atoms with van der Waals surface area (Å²) in [6.45, 7) is 1.23. The van der Waals surface area contributed by atoms with Gasteiger partial charge in [-0.3, -0.25) is 9.59 Å². The van der Waals surface area contributed by atoms with Crippen molar-refractivity contribution >= 4 is 17.4 Å². The van der Waals surface area contributed by atoms with Crippen LogP contribution in [0.5, 0.6) is 0 Å². The normalized spacial score (nSPS) is 11.1. The van der Waals surface area contributed by atoms with Crippen molar-refractivity contribution in [3.05, 3.63) is 29.8 Å². The Morgan fingerprint density at radius 1 is 1.29 bits per heavy atom. The fourth-order valence-electron chi connectivity index (χ4n) is 1.20. The molecule has 0 spiro atoms. The summed E-state index contributed by atoms with van der Waals surface area (Å²) in [6.07, 6.45) is -4.81. The maximum atomic E-state index is 12.3. The van der Waals surface area contributed by atoms with Crippen LogP contribution < -0.4 is 5.32 Å². The van der Waals surface area contributed by atoms with Crippen molar-refractivity contribution in [2.24, 2.45) is 0 Å². The molecular weight excluding hydrogens is 235 g/mol. The first kappa shape index (κ1) is 13.2. The van der Waals surface area contributed by atoms with E-state index in [1.165, 1.54) is 19.1 Å². The topological polar surface area (TPSA) is 46.2 Å². The Morgan fingerprint density at radius 2 is 1.94 bits per heavy atom.